The van der Waals surface area contributed by atoms with E-state index in [1.165, 1.54) is 10.9 Å². The van der Waals surface area contributed by atoms with Crippen LogP contribution in [0.15, 0.2) is 12.3 Å². The zero-order valence-corrected chi connectivity index (χ0v) is 11.5. The highest BCUT2D eigenvalue weighted by Crippen LogP contribution is 2.14. The van der Waals surface area contributed by atoms with Gasteiger partial charge in [-0.3, -0.25) is 0 Å². The lowest BCUT2D eigenvalue weighted by Crippen LogP contribution is -2.09. The van der Waals surface area contributed by atoms with Gasteiger partial charge < -0.3 is 10.4 Å². The van der Waals surface area contributed by atoms with Crippen LogP contribution < -0.4 is 5.32 Å². The topological polar surface area (TPSA) is 88.0 Å². The number of thiazole rings is 1. The highest BCUT2D eigenvalue weighted by Gasteiger charge is 2.09. The molecule has 0 radical (unpaired) electrons. The average molecular weight is 278 g/mol. The number of aromatic carboxylic acids is 1. The first kappa shape index (κ1) is 13.4. The Labute approximate surface area is 114 Å². The van der Waals surface area contributed by atoms with Gasteiger partial charge in [0.2, 0.25) is 5.95 Å². The number of carboxylic acid groups (broad SMARTS) is 1. The van der Waals surface area contributed by atoms with Crippen LogP contribution in [0.25, 0.3) is 0 Å². The third-order valence-corrected chi connectivity index (χ3v) is 3.56. The standard InChI is InChI=1S/C12H14N4O2S/c1-3-8-5-13-10(19-8)6-14-12-15-7(2)4-9(16-12)11(17)18/h4-5H,3,6H2,1-2H3,(H,17,18)(H,14,15,16). The summed E-state index contributed by atoms with van der Waals surface area (Å²) >= 11 is 1.62. The molecule has 2 rings (SSSR count). The maximum absolute atomic E-state index is 10.9. The van der Waals surface area contributed by atoms with Crippen molar-refractivity contribution >= 4 is 23.3 Å². The van der Waals surface area contributed by atoms with Gasteiger partial charge in [0, 0.05) is 16.8 Å². The molecule has 6 nitrogen and oxygen atoms in total. The van der Waals surface area contributed by atoms with Crippen molar-refractivity contribution in [1.82, 2.24) is 15.0 Å². The Balaban J connectivity index is 2.08. The molecule has 0 atom stereocenters. The lowest BCUT2D eigenvalue weighted by atomic mass is 10.3. The molecule has 0 saturated carbocycles. The molecule has 0 aliphatic carbocycles. The zero-order chi connectivity index (χ0) is 13.8. The number of anilines is 1. The van der Waals surface area contributed by atoms with E-state index in [1.54, 1.807) is 18.3 Å². The highest BCUT2D eigenvalue weighted by atomic mass is 32.1. The minimum atomic E-state index is -1.06. The fourth-order valence-corrected chi connectivity index (χ4v) is 2.31. The average Bonchev–Trinajstić information content (AvgIpc) is 2.83. The van der Waals surface area contributed by atoms with Crippen LogP contribution in [0.4, 0.5) is 5.95 Å². The van der Waals surface area contributed by atoms with Crippen molar-refractivity contribution in [2.75, 3.05) is 5.32 Å². The van der Waals surface area contributed by atoms with E-state index in [1.807, 2.05) is 6.20 Å². The summed E-state index contributed by atoms with van der Waals surface area (Å²) in [5, 5.41) is 12.9. The smallest absolute Gasteiger partial charge is 0.354 e. The van der Waals surface area contributed by atoms with Gasteiger partial charge in [0.1, 0.15) is 5.01 Å². The Hall–Kier alpha value is -2.02. The number of rotatable bonds is 5. The number of nitrogens with zero attached hydrogens (tertiary/aromatic N) is 3. The van der Waals surface area contributed by atoms with Crippen molar-refractivity contribution in [3.8, 4) is 0 Å². The van der Waals surface area contributed by atoms with E-state index >= 15 is 0 Å². The second-order valence-electron chi connectivity index (χ2n) is 3.95. The fourth-order valence-electron chi connectivity index (χ4n) is 1.51. The van der Waals surface area contributed by atoms with Gasteiger partial charge >= 0.3 is 5.97 Å². The normalized spacial score (nSPS) is 10.4. The van der Waals surface area contributed by atoms with Crippen molar-refractivity contribution in [3.63, 3.8) is 0 Å². The van der Waals surface area contributed by atoms with Crippen LogP contribution in [0.3, 0.4) is 0 Å². The third kappa shape index (κ3) is 3.47. The van der Waals surface area contributed by atoms with E-state index in [2.05, 4.69) is 27.2 Å². The van der Waals surface area contributed by atoms with Gasteiger partial charge in [-0.2, -0.15) is 0 Å². The summed E-state index contributed by atoms with van der Waals surface area (Å²) in [6.07, 6.45) is 2.81. The first-order valence-electron chi connectivity index (χ1n) is 5.85. The summed E-state index contributed by atoms with van der Waals surface area (Å²) in [5.74, 6) is -0.748. The zero-order valence-electron chi connectivity index (χ0n) is 10.7. The molecule has 0 unspecified atom stereocenters. The van der Waals surface area contributed by atoms with E-state index in [-0.39, 0.29) is 5.69 Å². The number of aryl methyl sites for hydroxylation is 2. The molecule has 0 saturated heterocycles. The molecule has 0 spiro atoms. The summed E-state index contributed by atoms with van der Waals surface area (Å²) in [7, 11) is 0. The Morgan fingerprint density at radius 2 is 2.26 bits per heavy atom. The van der Waals surface area contributed by atoms with Crippen molar-refractivity contribution in [1.29, 1.82) is 0 Å². The number of nitrogens with one attached hydrogen (secondary N) is 1. The van der Waals surface area contributed by atoms with Gasteiger partial charge in [-0.25, -0.2) is 19.7 Å². The molecular weight excluding hydrogens is 264 g/mol. The van der Waals surface area contributed by atoms with Crippen LogP contribution in [0.5, 0.6) is 0 Å². The van der Waals surface area contributed by atoms with Gasteiger partial charge in [0.15, 0.2) is 5.69 Å². The maximum Gasteiger partial charge on any atom is 0.354 e. The van der Waals surface area contributed by atoms with Gasteiger partial charge in [-0.1, -0.05) is 6.92 Å². The van der Waals surface area contributed by atoms with E-state index in [4.69, 9.17) is 5.11 Å². The van der Waals surface area contributed by atoms with Gasteiger partial charge in [-0.15, -0.1) is 11.3 Å². The fraction of sp³-hybridized carbons (Fsp3) is 0.333. The van der Waals surface area contributed by atoms with Crippen LogP contribution in [0.2, 0.25) is 0 Å². The molecule has 7 heteroatoms. The Morgan fingerprint density at radius 3 is 2.89 bits per heavy atom. The monoisotopic (exact) mass is 278 g/mol. The largest absolute Gasteiger partial charge is 0.477 e. The minimum Gasteiger partial charge on any atom is -0.477 e. The van der Waals surface area contributed by atoms with E-state index in [0.29, 0.717) is 18.2 Å². The first-order chi connectivity index (χ1) is 9.08. The molecule has 0 aliphatic heterocycles. The molecule has 2 N–H and O–H groups in total. The summed E-state index contributed by atoms with van der Waals surface area (Å²) in [5.41, 5.74) is 0.603. The second-order valence-corrected chi connectivity index (χ2v) is 5.15. The molecule has 2 aromatic heterocycles. The van der Waals surface area contributed by atoms with E-state index < -0.39 is 5.97 Å². The Bertz CT molecular complexity index is 597. The van der Waals surface area contributed by atoms with Crippen LogP contribution in [0, 0.1) is 6.92 Å². The maximum atomic E-state index is 10.9. The van der Waals surface area contributed by atoms with Gasteiger partial charge in [0.05, 0.1) is 6.54 Å². The predicted octanol–water partition coefficient (Wildman–Crippen LogP) is 2.11. The lowest BCUT2D eigenvalue weighted by molar-refractivity contribution is 0.0690. The molecule has 19 heavy (non-hydrogen) atoms. The summed E-state index contributed by atoms with van der Waals surface area (Å²) in [4.78, 5) is 24.5. The van der Waals surface area contributed by atoms with Crippen LogP contribution in [-0.4, -0.2) is 26.0 Å². The van der Waals surface area contributed by atoms with Gasteiger partial charge in [0.25, 0.3) is 0 Å². The molecule has 2 heterocycles. The number of hydrogen-bond donors (Lipinski definition) is 2. The molecule has 0 fully saturated rings. The van der Waals surface area contributed by atoms with Crippen LogP contribution >= 0.6 is 11.3 Å². The third-order valence-electron chi connectivity index (χ3n) is 2.42. The number of carboxylic acids is 1. The van der Waals surface area contributed by atoms with Gasteiger partial charge in [-0.05, 0) is 19.4 Å². The molecule has 0 bridgehead atoms. The van der Waals surface area contributed by atoms with Crippen LogP contribution in [0.1, 0.15) is 33.0 Å². The molecule has 0 aromatic carbocycles. The first-order valence-corrected chi connectivity index (χ1v) is 6.66. The number of hydrogen-bond acceptors (Lipinski definition) is 6. The quantitative estimate of drug-likeness (QED) is 0.871. The summed E-state index contributed by atoms with van der Waals surface area (Å²) in [6, 6.07) is 1.44. The van der Waals surface area contributed by atoms with Crippen molar-refractivity contribution in [2.45, 2.75) is 26.8 Å². The second kappa shape index (κ2) is 5.75. The highest BCUT2D eigenvalue weighted by molar-refractivity contribution is 7.11. The minimum absolute atomic E-state index is 0.0108. The van der Waals surface area contributed by atoms with E-state index in [9.17, 15) is 4.79 Å². The lowest BCUT2D eigenvalue weighted by Gasteiger charge is -2.04. The molecular formula is C12H14N4O2S. The van der Waals surface area contributed by atoms with Crippen molar-refractivity contribution < 1.29 is 9.90 Å². The van der Waals surface area contributed by atoms with Crippen molar-refractivity contribution in [3.05, 3.63) is 33.5 Å². The summed E-state index contributed by atoms with van der Waals surface area (Å²) < 4.78 is 0. The predicted molar refractivity (Wildman–Crippen MR) is 72.5 cm³/mol. The Morgan fingerprint density at radius 1 is 1.47 bits per heavy atom. The van der Waals surface area contributed by atoms with E-state index in [0.717, 1.165) is 11.4 Å². The van der Waals surface area contributed by atoms with Crippen molar-refractivity contribution in [2.24, 2.45) is 0 Å². The molecule has 2 aromatic rings. The molecule has 0 amide bonds. The number of aromatic nitrogens is 3. The SMILES string of the molecule is CCc1cnc(CNc2nc(C)cc(C(=O)O)n2)s1. The molecule has 0 aliphatic rings. The van der Waals surface area contributed by atoms with Crippen LogP contribution in [-0.2, 0) is 13.0 Å². The summed E-state index contributed by atoms with van der Waals surface area (Å²) in [6.45, 7) is 4.30. The number of carbonyl (C=O) groups is 1. The molecule has 100 valence electrons. The Kier molecular flexibility index (Phi) is 4.06.